The van der Waals surface area contributed by atoms with Crippen LogP contribution in [0.15, 0.2) is 54.9 Å². The van der Waals surface area contributed by atoms with Crippen molar-refractivity contribution in [2.75, 3.05) is 45.3 Å². The molecule has 1 aliphatic heterocycles. The monoisotopic (exact) mass is 449 g/mol. The van der Waals surface area contributed by atoms with Gasteiger partial charge in [-0.25, -0.2) is 9.97 Å². The Morgan fingerprint density at radius 3 is 2.27 bits per heavy atom. The number of methoxy groups -OCH3 is 2. The SMILES string of the molecule is COc1cc(C(=O)N2CCN(c3cc(-c4ccccc4)ncn3)CC2)c([N+](=O)[O-])cc1OC. The number of hydrogen-bond donors (Lipinski definition) is 0. The summed E-state index contributed by atoms with van der Waals surface area (Å²) >= 11 is 0. The van der Waals surface area contributed by atoms with Crippen LogP contribution in [0.5, 0.6) is 11.5 Å². The average molecular weight is 449 g/mol. The number of rotatable bonds is 6. The highest BCUT2D eigenvalue weighted by Gasteiger charge is 2.30. The Balaban J connectivity index is 1.51. The second-order valence-electron chi connectivity index (χ2n) is 7.39. The van der Waals surface area contributed by atoms with E-state index in [0.29, 0.717) is 26.2 Å². The number of piperazine rings is 1. The summed E-state index contributed by atoms with van der Waals surface area (Å²) < 4.78 is 10.4. The molecule has 0 atom stereocenters. The molecule has 10 heteroatoms. The van der Waals surface area contributed by atoms with Crippen LogP contribution in [0.2, 0.25) is 0 Å². The lowest BCUT2D eigenvalue weighted by Gasteiger charge is -2.35. The number of nitro benzene ring substituents is 1. The topological polar surface area (TPSA) is 111 Å². The molecule has 0 saturated carbocycles. The van der Waals surface area contributed by atoms with Gasteiger partial charge in [-0.3, -0.25) is 14.9 Å². The second-order valence-corrected chi connectivity index (χ2v) is 7.39. The molecule has 0 radical (unpaired) electrons. The van der Waals surface area contributed by atoms with E-state index in [1.54, 1.807) is 4.90 Å². The first-order chi connectivity index (χ1) is 16.0. The Morgan fingerprint density at radius 2 is 1.64 bits per heavy atom. The third-order valence-corrected chi connectivity index (χ3v) is 5.54. The van der Waals surface area contributed by atoms with Crippen molar-refractivity contribution in [3.63, 3.8) is 0 Å². The van der Waals surface area contributed by atoms with Gasteiger partial charge in [-0.15, -0.1) is 0 Å². The van der Waals surface area contributed by atoms with Crippen molar-refractivity contribution >= 4 is 17.4 Å². The second kappa shape index (κ2) is 9.51. The molecule has 10 nitrogen and oxygen atoms in total. The van der Waals surface area contributed by atoms with Gasteiger partial charge in [-0.05, 0) is 0 Å². The minimum absolute atomic E-state index is 0.0282. The molecule has 1 aliphatic rings. The van der Waals surface area contributed by atoms with Gasteiger partial charge in [0.15, 0.2) is 11.5 Å². The minimum Gasteiger partial charge on any atom is -0.493 e. The van der Waals surface area contributed by atoms with E-state index in [2.05, 4.69) is 14.9 Å². The maximum atomic E-state index is 13.2. The Hall–Kier alpha value is -4.21. The van der Waals surface area contributed by atoms with Crippen LogP contribution in [0.3, 0.4) is 0 Å². The quantitative estimate of drug-likeness (QED) is 0.417. The zero-order valence-electron chi connectivity index (χ0n) is 18.3. The Kier molecular flexibility index (Phi) is 6.34. The summed E-state index contributed by atoms with van der Waals surface area (Å²) in [5, 5.41) is 11.6. The largest absolute Gasteiger partial charge is 0.493 e. The molecule has 1 saturated heterocycles. The number of hydrogen-bond acceptors (Lipinski definition) is 8. The van der Waals surface area contributed by atoms with Crippen LogP contribution < -0.4 is 14.4 Å². The highest BCUT2D eigenvalue weighted by molar-refractivity contribution is 5.99. The lowest BCUT2D eigenvalue weighted by atomic mass is 10.1. The van der Waals surface area contributed by atoms with Crippen molar-refractivity contribution in [1.82, 2.24) is 14.9 Å². The van der Waals surface area contributed by atoms with Gasteiger partial charge < -0.3 is 19.3 Å². The molecule has 1 aromatic heterocycles. The van der Waals surface area contributed by atoms with Crippen LogP contribution in [-0.2, 0) is 0 Å². The van der Waals surface area contributed by atoms with Gasteiger partial charge >= 0.3 is 0 Å². The maximum absolute atomic E-state index is 13.2. The summed E-state index contributed by atoms with van der Waals surface area (Å²) in [6, 6.07) is 14.3. The predicted octanol–water partition coefficient (Wildman–Crippen LogP) is 3.03. The van der Waals surface area contributed by atoms with Crippen molar-refractivity contribution in [2.24, 2.45) is 0 Å². The normalized spacial score (nSPS) is 13.5. The number of nitrogens with zero attached hydrogens (tertiary/aromatic N) is 5. The molecule has 2 heterocycles. The summed E-state index contributed by atoms with van der Waals surface area (Å²) in [6.07, 6.45) is 1.53. The van der Waals surface area contributed by atoms with Crippen LogP contribution >= 0.6 is 0 Å². The molecule has 0 aliphatic carbocycles. The Labute approximate surface area is 190 Å². The molecule has 0 N–H and O–H groups in total. The van der Waals surface area contributed by atoms with Gasteiger partial charge in [0, 0.05) is 43.9 Å². The first-order valence-corrected chi connectivity index (χ1v) is 10.3. The lowest BCUT2D eigenvalue weighted by Crippen LogP contribution is -2.49. The number of aromatic nitrogens is 2. The van der Waals surface area contributed by atoms with Crippen molar-refractivity contribution in [1.29, 1.82) is 0 Å². The highest BCUT2D eigenvalue weighted by atomic mass is 16.6. The zero-order chi connectivity index (χ0) is 23.4. The van der Waals surface area contributed by atoms with Gasteiger partial charge in [0.25, 0.3) is 11.6 Å². The Bertz CT molecular complexity index is 1160. The average Bonchev–Trinajstić information content (AvgIpc) is 2.88. The number of anilines is 1. The molecule has 1 fully saturated rings. The first-order valence-electron chi connectivity index (χ1n) is 10.3. The van der Waals surface area contributed by atoms with Gasteiger partial charge in [0.2, 0.25) is 0 Å². The summed E-state index contributed by atoms with van der Waals surface area (Å²) in [5.74, 6) is 0.811. The van der Waals surface area contributed by atoms with Crippen LogP contribution in [0.25, 0.3) is 11.3 Å². The van der Waals surface area contributed by atoms with Crippen molar-refractivity contribution < 1.29 is 19.2 Å². The van der Waals surface area contributed by atoms with E-state index in [-0.39, 0.29) is 22.7 Å². The predicted molar refractivity (Wildman–Crippen MR) is 122 cm³/mol. The van der Waals surface area contributed by atoms with E-state index >= 15 is 0 Å². The molecule has 0 unspecified atom stereocenters. The third-order valence-electron chi connectivity index (χ3n) is 5.54. The minimum atomic E-state index is -0.586. The lowest BCUT2D eigenvalue weighted by molar-refractivity contribution is -0.385. The fourth-order valence-corrected chi connectivity index (χ4v) is 3.79. The number of ether oxygens (including phenoxy) is 2. The van der Waals surface area contributed by atoms with Crippen molar-refractivity contribution in [3.8, 4) is 22.8 Å². The smallest absolute Gasteiger partial charge is 0.286 e. The van der Waals surface area contributed by atoms with Crippen molar-refractivity contribution in [2.45, 2.75) is 0 Å². The number of carbonyl (C=O) groups excluding carboxylic acids is 1. The summed E-state index contributed by atoms with van der Waals surface area (Å²) in [5.41, 5.74) is 1.47. The van der Waals surface area contributed by atoms with Crippen LogP contribution in [0.4, 0.5) is 11.5 Å². The van der Waals surface area contributed by atoms with Crippen LogP contribution in [0, 0.1) is 10.1 Å². The summed E-state index contributed by atoms with van der Waals surface area (Å²) in [4.78, 5) is 36.6. The molecular formula is C23H23N5O5. The van der Waals surface area contributed by atoms with Gasteiger partial charge in [-0.2, -0.15) is 0 Å². The number of benzene rings is 2. The molecule has 170 valence electrons. The molecular weight excluding hydrogens is 426 g/mol. The molecule has 33 heavy (non-hydrogen) atoms. The molecule has 3 aromatic rings. The number of nitro groups is 1. The van der Waals surface area contributed by atoms with Gasteiger partial charge in [-0.1, -0.05) is 30.3 Å². The Morgan fingerprint density at radius 1 is 0.970 bits per heavy atom. The fraction of sp³-hybridized carbons (Fsp3) is 0.261. The van der Waals surface area contributed by atoms with E-state index in [0.717, 1.165) is 17.1 Å². The summed E-state index contributed by atoms with van der Waals surface area (Å²) in [7, 11) is 2.81. The van der Waals surface area contributed by atoms with Crippen LogP contribution in [0.1, 0.15) is 10.4 Å². The highest BCUT2D eigenvalue weighted by Crippen LogP contribution is 2.35. The van der Waals surface area contributed by atoms with Gasteiger partial charge in [0.05, 0.1) is 30.9 Å². The number of amides is 1. The molecule has 0 bridgehead atoms. The zero-order valence-corrected chi connectivity index (χ0v) is 18.3. The number of carbonyl (C=O) groups is 1. The third kappa shape index (κ3) is 4.54. The van der Waals surface area contributed by atoms with E-state index in [4.69, 9.17) is 9.47 Å². The molecule has 4 rings (SSSR count). The molecule has 1 amide bonds. The van der Waals surface area contributed by atoms with E-state index < -0.39 is 10.8 Å². The van der Waals surface area contributed by atoms with E-state index in [1.807, 2.05) is 36.4 Å². The van der Waals surface area contributed by atoms with Gasteiger partial charge in [0.1, 0.15) is 17.7 Å². The first kappa shape index (κ1) is 22.0. The molecule has 0 spiro atoms. The standard InChI is InChI=1S/C23H23N5O5/c1-32-20-12-17(19(28(30)31)14-21(20)33-2)23(29)27-10-8-26(9-11-27)22-13-18(24-15-25-22)16-6-4-3-5-7-16/h3-7,12-15H,8-11H2,1-2H3. The summed E-state index contributed by atoms with van der Waals surface area (Å²) in [6.45, 7) is 1.88. The van der Waals surface area contributed by atoms with E-state index in [1.165, 1.54) is 32.7 Å². The fourth-order valence-electron chi connectivity index (χ4n) is 3.79. The molecule has 2 aromatic carbocycles. The maximum Gasteiger partial charge on any atom is 0.286 e. The van der Waals surface area contributed by atoms with Crippen LogP contribution in [-0.4, -0.2) is 66.1 Å². The van der Waals surface area contributed by atoms with Crippen molar-refractivity contribution in [3.05, 3.63) is 70.5 Å². The van der Waals surface area contributed by atoms with E-state index in [9.17, 15) is 14.9 Å².